The van der Waals surface area contributed by atoms with E-state index in [1.54, 1.807) is 12.4 Å². The van der Waals surface area contributed by atoms with E-state index in [9.17, 15) is 0 Å². The zero-order valence-corrected chi connectivity index (χ0v) is 11.6. The number of pyridine rings is 1. The van der Waals surface area contributed by atoms with E-state index in [1.807, 2.05) is 18.2 Å². The first kappa shape index (κ1) is 12.7. The monoisotopic (exact) mass is 267 g/mol. The second-order valence-electron chi connectivity index (χ2n) is 5.25. The first-order valence-electron chi connectivity index (χ1n) is 6.76. The number of oxime groups is 1. The van der Waals surface area contributed by atoms with E-state index in [0.29, 0.717) is 12.5 Å². The predicted octanol–water partition coefficient (Wildman–Crippen LogP) is 3.72. The Balaban J connectivity index is 1.91. The third kappa shape index (κ3) is 2.50. The molecule has 4 heteroatoms. The summed E-state index contributed by atoms with van der Waals surface area (Å²) < 4.78 is 0. The van der Waals surface area contributed by atoms with E-state index in [-0.39, 0.29) is 0 Å². The van der Waals surface area contributed by atoms with Gasteiger partial charge in [-0.05, 0) is 35.7 Å². The summed E-state index contributed by atoms with van der Waals surface area (Å²) in [6.45, 7) is 4.83. The fourth-order valence-electron chi connectivity index (χ4n) is 2.11. The molecule has 0 aliphatic carbocycles. The maximum atomic E-state index is 5.23. The molecule has 102 valence electrons. The summed E-state index contributed by atoms with van der Waals surface area (Å²) in [5.41, 5.74) is 3.01. The van der Waals surface area contributed by atoms with Crippen molar-refractivity contribution in [3.8, 4) is 0 Å². The van der Waals surface area contributed by atoms with E-state index in [1.165, 1.54) is 0 Å². The Kier molecular flexibility index (Phi) is 3.37. The summed E-state index contributed by atoms with van der Waals surface area (Å²) in [6, 6.07) is 10.2. The number of benzene rings is 1. The average molecular weight is 267 g/mol. The van der Waals surface area contributed by atoms with Crippen molar-refractivity contribution in [3.05, 3.63) is 42.1 Å². The number of hydrogen-bond acceptors (Lipinski definition) is 3. The smallest absolute Gasteiger partial charge is 0.138 e. The van der Waals surface area contributed by atoms with Gasteiger partial charge in [-0.3, -0.25) is 0 Å². The average Bonchev–Trinajstić information content (AvgIpc) is 2.81. The van der Waals surface area contributed by atoms with Crippen LogP contribution in [0.25, 0.3) is 21.9 Å². The van der Waals surface area contributed by atoms with Gasteiger partial charge in [-0.1, -0.05) is 25.1 Å². The Bertz CT molecular complexity index is 759. The second-order valence-corrected chi connectivity index (χ2v) is 5.25. The van der Waals surface area contributed by atoms with Gasteiger partial charge in [-0.2, -0.15) is 0 Å². The Hall–Kier alpha value is -2.36. The molecule has 0 atom stereocenters. The Morgan fingerprint density at radius 1 is 1.30 bits per heavy atom. The lowest BCUT2D eigenvalue weighted by molar-refractivity contribution is 0.120. The molecular formula is C16H17N3O. The number of aromatic nitrogens is 2. The van der Waals surface area contributed by atoms with Gasteiger partial charge in [0.1, 0.15) is 12.3 Å². The molecule has 0 bridgehead atoms. The van der Waals surface area contributed by atoms with Crippen LogP contribution in [0.3, 0.4) is 0 Å². The molecule has 0 aliphatic heterocycles. The Morgan fingerprint density at radius 3 is 3.05 bits per heavy atom. The molecule has 0 spiro atoms. The summed E-state index contributed by atoms with van der Waals surface area (Å²) >= 11 is 0. The van der Waals surface area contributed by atoms with Crippen molar-refractivity contribution in [2.75, 3.05) is 6.61 Å². The zero-order chi connectivity index (χ0) is 13.9. The van der Waals surface area contributed by atoms with Crippen LogP contribution in [0.2, 0.25) is 0 Å². The van der Waals surface area contributed by atoms with Crippen LogP contribution in [0.15, 0.2) is 41.7 Å². The molecule has 2 heterocycles. The van der Waals surface area contributed by atoms with Crippen molar-refractivity contribution < 1.29 is 4.84 Å². The largest absolute Gasteiger partial charge is 0.396 e. The number of aromatic amines is 1. The molecule has 1 aromatic carbocycles. The summed E-state index contributed by atoms with van der Waals surface area (Å²) in [5, 5.41) is 6.28. The maximum Gasteiger partial charge on any atom is 0.138 e. The van der Waals surface area contributed by atoms with E-state index < -0.39 is 0 Å². The highest BCUT2D eigenvalue weighted by atomic mass is 16.6. The molecule has 0 amide bonds. The van der Waals surface area contributed by atoms with Gasteiger partial charge in [0.15, 0.2) is 0 Å². The number of nitrogens with zero attached hydrogens (tertiary/aromatic N) is 2. The number of fused-ring (bicyclic) bond motifs is 3. The van der Waals surface area contributed by atoms with Crippen LogP contribution in [-0.2, 0) is 4.84 Å². The molecule has 4 nitrogen and oxygen atoms in total. The summed E-state index contributed by atoms with van der Waals surface area (Å²) in [5.74, 6) is 0.481. The molecule has 0 saturated heterocycles. The molecule has 0 fully saturated rings. The van der Waals surface area contributed by atoms with Gasteiger partial charge >= 0.3 is 0 Å². The van der Waals surface area contributed by atoms with Crippen LogP contribution in [-0.4, -0.2) is 22.8 Å². The van der Waals surface area contributed by atoms with Crippen LogP contribution in [0.1, 0.15) is 19.4 Å². The van der Waals surface area contributed by atoms with Crippen molar-refractivity contribution in [1.29, 1.82) is 0 Å². The van der Waals surface area contributed by atoms with Gasteiger partial charge in [0.25, 0.3) is 0 Å². The van der Waals surface area contributed by atoms with E-state index in [0.717, 1.165) is 27.5 Å². The molecule has 0 aliphatic rings. The normalized spacial score (nSPS) is 11.9. The lowest BCUT2D eigenvalue weighted by Gasteiger charge is -2.01. The molecule has 20 heavy (non-hydrogen) atoms. The summed E-state index contributed by atoms with van der Waals surface area (Å²) in [7, 11) is 0. The van der Waals surface area contributed by atoms with Crippen molar-refractivity contribution in [2.24, 2.45) is 11.1 Å². The predicted molar refractivity (Wildman–Crippen MR) is 82.0 cm³/mol. The molecule has 3 rings (SSSR count). The Labute approximate surface area is 117 Å². The third-order valence-corrected chi connectivity index (χ3v) is 3.08. The molecular weight excluding hydrogens is 250 g/mol. The first-order valence-corrected chi connectivity index (χ1v) is 6.76. The van der Waals surface area contributed by atoms with Crippen LogP contribution < -0.4 is 0 Å². The molecule has 3 aromatic rings. The molecule has 0 radical (unpaired) electrons. The van der Waals surface area contributed by atoms with Crippen molar-refractivity contribution in [2.45, 2.75) is 13.8 Å². The molecule has 0 saturated carbocycles. The number of hydrogen-bond donors (Lipinski definition) is 1. The van der Waals surface area contributed by atoms with Crippen molar-refractivity contribution in [3.63, 3.8) is 0 Å². The molecule has 2 aromatic heterocycles. The maximum absolute atomic E-state index is 5.23. The van der Waals surface area contributed by atoms with E-state index >= 15 is 0 Å². The minimum Gasteiger partial charge on any atom is -0.396 e. The van der Waals surface area contributed by atoms with Crippen molar-refractivity contribution >= 4 is 28.2 Å². The third-order valence-electron chi connectivity index (χ3n) is 3.08. The minimum atomic E-state index is 0.481. The topological polar surface area (TPSA) is 50.3 Å². The van der Waals surface area contributed by atoms with Gasteiger partial charge in [-0.25, -0.2) is 4.98 Å². The highest BCUT2D eigenvalue weighted by Crippen LogP contribution is 2.24. The van der Waals surface area contributed by atoms with Gasteiger partial charge in [-0.15, -0.1) is 0 Å². The second kappa shape index (κ2) is 5.33. The van der Waals surface area contributed by atoms with E-state index in [2.05, 4.69) is 41.1 Å². The fraction of sp³-hybridized carbons (Fsp3) is 0.250. The SMILES string of the molecule is CC(C)CON=Cc1ccc2[nH]c3ncccc3c2c1. The van der Waals surface area contributed by atoms with E-state index in [4.69, 9.17) is 4.84 Å². The lowest BCUT2D eigenvalue weighted by atomic mass is 10.1. The highest BCUT2D eigenvalue weighted by Gasteiger charge is 2.04. The number of rotatable bonds is 4. The summed E-state index contributed by atoms with van der Waals surface area (Å²) in [6.07, 6.45) is 3.54. The van der Waals surface area contributed by atoms with Crippen LogP contribution in [0, 0.1) is 5.92 Å². The van der Waals surface area contributed by atoms with Crippen molar-refractivity contribution in [1.82, 2.24) is 9.97 Å². The zero-order valence-electron chi connectivity index (χ0n) is 11.6. The quantitative estimate of drug-likeness (QED) is 0.578. The van der Waals surface area contributed by atoms with Gasteiger partial charge in [0, 0.05) is 22.5 Å². The van der Waals surface area contributed by atoms with Crippen LogP contribution in [0.4, 0.5) is 0 Å². The van der Waals surface area contributed by atoms with Crippen LogP contribution >= 0.6 is 0 Å². The number of H-pyrrole nitrogens is 1. The molecule has 1 N–H and O–H groups in total. The van der Waals surface area contributed by atoms with Crippen LogP contribution in [0.5, 0.6) is 0 Å². The fourth-order valence-corrected chi connectivity index (χ4v) is 2.11. The first-order chi connectivity index (χ1) is 9.74. The Morgan fingerprint density at radius 2 is 2.20 bits per heavy atom. The minimum absolute atomic E-state index is 0.481. The van der Waals surface area contributed by atoms with Gasteiger partial charge in [0.05, 0.1) is 6.21 Å². The van der Waals surface area contributed by atoms with Gasteiger partial charge < -0.3 is 9.82 Å². The number of nitrogens with one attached hydrogen (secondary N) is 1. The highest BCUT2D eigenvalue weighted by molar-refractivity contribution is 6.07. The molecule has 0 unspecified atom stereocenters. The standard InChI is InChI=1S/C16H17N3O/c1-11(2)10-20-18-9-12-5-6-15-14(8-12)13-4-3-7-17-16(13)19-15/h3-9,11H,10H2,1-2H3,(H,17,19). The lowest BCUT2D eigenvalue weighted by Crippen LogP contribution is -1.97. The van der Waals surface area contributed by atoms with Gasteiger partial charge in [0.2, 0.25) is 0 Å². The summed E-state index contributed by atoms with van der Waals surface area (Å²) in [4.78, 5) is 12.9.